The highest BCUT2D eigenvalue weighted by atomic mass is 35.5. The van der Waals surface area contributed by atoms with Gasteiger partial charge in [0.15, 0.2) is 0 Å². The number of piperidine rings is 1. The van der Waals surface area contributed by atoms with E-state index in [9.17, 15) is 9.18 Å². The van der Waals surface area contributed by atoms with Crippen LogP contribution in [0, 0.1) is 18.7 Å². The number of likely N-dealkylation sites (tertiary alicyclic amines) is 1. The second kappa shape index (κ2) is 7.04. The molecule has 1 aliphatic rings. The lowest BCUT2D eigenvalue weighted by atomic mass is 9.92. The maximum Gasteiger partial charge on any atom is 0.254 e. The minimum absolute atomic E-state index is 0. The van der Waals surface area contributed by atoms with Crippen molar-refractivity contribution < 1.29 is 9.18 Å². The molecule has 1 aromatic carbocycles. The SMILES string of the molecule is Cc1cc(F)cc(C(=O)N2CCC(C)CC2CN)c1.Cl. The zero-order chi connectivity index (χ0) is 14.0. The van der Waals surface area contributed by atoms with Crippen LogP contribution in [0.25, 0.3) is 0 Å². The van der Waals surface area contributed by atoms with E-state index in [1.54, 1.807) is 17.9 Å². The van der Waals surface area contributed by atoms with Crippen LogP contribution in [0.15, 0.2) is 18.2 Å². The molecule has 1 aliphatic heterocycles. The van der Waals surface area contributed by atoms with Crippen molar-refractivity contribution >= 4 is 18.3 Å². The lowest BCUT2D eigenvalue weighted by Crippen LogP contribution is -2.49. The summed E-state index contributed by atoms with van der Waals surface area (Å²) in [4.78, 5) is 14.3. The van der Waals surface area contributed by atoms with Crippen molar-refractivity contribution in [3.63, 3.8) is 0 Å². The monoisotopic (exact) mass is 300 g/mol. The van der Waals surface area contributed by atoms with E-state index in [0.29, 0.717) is 24.6 Å². The molecule has 2 rings (SSSR count). The van der Waals surface area contributed by atoms with E-state index in [2.05, 4.69) is 6.92 Å². The molecule has 1 amide bonds. The van der Waals surface area contributed by atoms with Crippen LogP contribution in [0.4, 0.5) is 4.39 Å². The second-order valence-electron chi connectivity index (χ2n) is 5.53. The quantitative estimate of drug-likeness (QED) is 0.913. The van der Waals surface area contributed by atoms with E-state index >= 15 is 0 Å². The van der Waals surface area contributed by atoms with Crippen LogP contribution >= 0.6 is 12.4 Å². The number of halogens is 2. The number of hydrogen-bond acceptors (Lipinski definition) is 2. The van der Waals surface area contributed by atoms with Crippen LogP contribution in [0.3, 0.4) is 0 Å². The molecule has 0 aliphatic carbocycles. The zero-order valence-electron chi connectivity index (χ0n) is 11.9. The summed E-state index contributed by atoms with van der Waals surface area (Å²) < 4.78 is 13.4. The third-order valence-corrected chi connectivity index (χ3v) is 3.80. The van der Waals surface area contributed by atoms with E-state index in [1.807, 2.05) is 0 Å². The first-order valence-electron chi connectivity index (χ1n) is 6.79. The topological polar surface area (TPSA) is 46.3 Å². The Morgan fingerprint density at radius 2 is 2.15 bits per heavy atom. The number of nitrogens with zero attached hydrogens (tertiary/aromatic N) is 1. The number of rotatable bonds is 2. The largest absolute Gasteiger partial charge is 0.334 e. The highest BCUT2D eigenvalue weighted by Gasteiger charge is 2.29. The van der Waals surface area contributed by atoms with Crippen molar-refractivity contribution in [2.75, 3.05) is 13.1 Å². The molecule has 3 nitrogen and oxygen atoms in total. The van der Waals surface area contributed by atoms with E-state index in [-0.39, 0.29) is 30.2 Å². The fourth-order valence-corrected chi connectivity index (χ4v) is 2.77. The Morgan fingerprint density at radius 3 is 2.75 bits per heavy atom. The van der Waals surface area contributed by atoms with Crippen LogP contribution < -0.4 is 5.73 Å². The maximum absolute atomic E-state index is 13.4. The second-order valence-corrected chi connectivity index (χ2v) is 5.53. The highest BCUT2D eigenvalue weighted by molar-refractivity contribution is 5.94. The van der Waals surface area contributed by atoms with Gasteiger partial charge in [-0.25, -0.2) is 4.39 Å². The van der Waals surface area contributed by atoms with Gasteiger partial charge >= 0.3 is 0 Å². The molecular weight excluding hydrogens is 279 g/mol. The van der Waals surface area contributed by atoms with Gasteiger partial charge in [0.1, 0.15) is 5.82 Å². The van der Waals surface area contributed by atoms with Crippen LogP contribution in [0.2, 0.25) is 0 Å². The summed E-state index contributed by atoms with van der Waals surface area (Å²) in [5.74, 6) is 0.120. The van der Waals surface area contributed by atoms with Crippen LogP contribution in [-0.2, 0) is 0 Å². The van der Waals surface area contributed by atoms with E-state index < -0.39 is 0 Å². The smallest absolute Gasteiger partial charge is 0.254 e. The average Bonchev–Trinajstić information content (AvgIpc) is 2.36. The molecule has 0 radical (unpaired) electrons. The molecule has 2 N–H and O–H groups in total. The van der Waals surface area contributed by atoms with Crippen LogP contribution in [0.1, 0.15) is 35.7 Å². The highest BCUT2D eigenvalue weighted by Crippen LogP contribution is 2.24. The number of carbonyl (C=O) groups is 1. The molecule has 0 spiro atoms. The van der Waals surface area contributed by atoms with E-state index in [4.69, 9.17) is 5.73 Å². The van der Waals surface area contributed by atoms with Gasteiger partial charge in [-0.05, 0) is 49.4 Å². The van der Waals surface area contributed by atoms with Crippen LogP contribution in [0.5, 0.6) is 0 Å². The van der Waals surface area contributed by atoms with E-state index in [1.165, 1.54) is 12.1 Å². The van der Waals surface area contributed by atoms with Crippen molar-refractivity contribution in [1.82, 2.24) is 4.90 Å². The van der Waals surface area contributed by atoms with Crippen molar-refractivity contribution in [3.05, 3.63) is 35.1 Å². The van der Waals surface area contributed by atoms with Gasteiger partial charge in [0.25, 0.3) is 5.91 Å². The predicted molar refractivity (Wildman–Crippen MR) is 80.7 cm³/mol. The minimum Gasteiger partial charge on any atom is -0.334 e. The average molecular weight is 301 g/mol. The lowest BCUT2D eigenvalue weighted by molar-refractivity contribution is 0.0573. The fraction of sp³-hybridized carbons (Fsp3) is 0.533. The Hall–Kier alpha value is -1.13. The summed E-state index contributed by atoms with van der Waals surface area (Å²) >= 11 is 0. The first kappa shape index (κ1) is 16.9. The molecule has 1 saturated heterocycles. The van der Waals surface area contributed by atoms with Crippen molar-refractivity contribution in [3.8, 4) is 0 Å². The molecule has 2 unspecified atom stereocenters. The van der Waals surface area contributed by atoms with Gasteiger partial charge in [0.05, 0.1) is 0 Å². The molecular formula is C15H22ClFN2O. The third-order valence-electron chi connectivity index (χ3n) is 3.80. The Balaban J connectivity index is 0.00000200. The Bertz CT molecular complexity index is 461. The first-order chi connectivity index (χ1) is 9.01. The maximum atomic E-state index is 13.4. The molecule has 0 saturated carbocycles. The van der Waals surface area contributed by atoms with Crippen LogP contribution in [-0.4, -0.2) is 29.9 Å². The molecule has 20 heavy (non-hydrogen) atoms. The fourth-order valence-electron chi connectivity index (χ4n) is 2.77. The molecule has 5 heteroatoms. The molecule has 1 fully saturated rings. The summed E-state index contributed by atoms with van der Waals surface area (Å²) in [7, 11) is 0. The van der Waals surface area contributed by atoms with Gasteiger partial charge in [0, 0.05) is 24.7 Å². The van der Waals surface area contributed by atoms with Crippen molar-refractivity contribution in [2.45, 2.75) is 32.7 Å². The number of amides is 1. The van der Waals surface area contributed by atoms with Gasteiger partial charge < -0.3 is 10.6 Å². The van der Waals surface area contributed by atoms with Gasteiger partial charge in [-0.1, -0.05) is 6.92 Å². The molecule has 1 heterocycles. The number of carbonyl (C=O) groups excluding carboxylic acids is 1. The van der Waals surface area contributed by atoms with Gasteiger partial charge in [-0.2, -0.15) is 0 Å². The van der Waals surface area contributed by atoms with Crippen molar-refractivity contribution in [1.29, 1.82) is 0 Å². The third kappa shape index (κ3) is 3.70. The standard InChI is InChI=1S/C15H21FN2O.ClH/c1-10-3-4-18(14(7-10)9-17)15(19)12-5-11(2)6-13(16)8-12;/h5-6,8,10,14H,3-4,7,9,17H2,1-2H3;1H. The Kier molecular flexibility index (Phi) is 5.96. The van der Waals surface area contributed by atoms with Gasteiger partial charge in [-0.15, -0.1) is 12.4 Å². The summed E-state index contributed by atoms with van der Waals surface area (Å²) in [6.07, 6.45) is 1.91. The molecule has 0 aromatic heterocycles. The zero-order valence-corrected chi connectivity index (χ0v) is 12.8. The van der Waals surface area contributed by atoms with Crippen molar-refractivity contribution in [2.24, 2.45) is 11.7 Å². The molecule has 0 bridgehead atoms. The Labute approximate surface area is 125 Å². The summed E-state index contributed by atoms with van der Waals surface area (Å²) in [5, 5.41) is 0. The minimum atomic E-state index is -0.363. The van der Waals surface area contributed by atoms with Gasteiger partial charge in [0.2, 0.25) is 0 Å². The lowest BCUT2D eigenvalue weighted by Gasteiger charge is -2.38. The summed E-state index contributed by atoms with van der Waals surface area (Å²) in [6, 6.07) is 4.53. The number of nitrogens with two attached hydrogens (primary N) is 1. The molecule has 2 atom stereocenters. The van der Waals surface area contributed by atoms with E-state index in [0.717, 1.165) is 18.4 Å². The predicted octanol–water partition coefficient (Wildman–Crippen LogP) is 2.76. The normalized spacial score (nSPS) is 22.3. The summed E-state index contributed by atoms with van der Waals surface area (Å²) in [6.45, 7) is 5.14. The molecule has 1 aromatic rings. The molecule has 112 valence electrons. The number of hydrogen-bond donors (Lipinski definition) is 1. The number of benzene rings is 1. The van der Waals surface area contributed by atoms with Gasteiger partial charge in [-0.3, -0.25) is 4.79 Å². The Morgan fingerprint density at radius 1 is 1.45 bits per heavy atom. The summed E-state index contributed by atoms with van der Waals surface area (Å²) in [5.41, 5.74) is 6.95. The number of aryl methyl sites for hydroxylation is 1. The first-order valence-corrected chi connectivity index (χ1v) is 6.79.